The van der Waals surface area contributed by atoms with E-state index < -0.39 is 12.0 Å². The van der Waals surface area contributed by atoms with Gasteiger partial charge < -0.3 is 9.84 Å². The highest BCUT2D eigenvalue weighted by Gasteiger charge is 2.18. The van der Waals surface area contributed by atoms with Gasteiger partial charge in [-0.25, -0.2) is 0 Å². The van der Waals surface area contributed by atoms with Gasteiger partial charge in [0.05, 0.1) is 7.11 Å². The fraction of sp³-hybridized carbons (Fsp3) is 0.222. The van der Waals surface area contributed by atoms with Gasteiger partial charge in [-0.05, 0) is 17.7 Å². The summed E-state index contributed by atoms with van der Waals surface area (Å²) >= 11 is 0. The van der Waals surface area contributed by atoms with Gasteiger partial charge in [0.1, 0.15) is 5.75 Å². The smallest absolute Gasteiger partial charge is 0.319 e. The number of benzene rings is 1. The second-order valence-corrected chi connectivity index (χ2v) is 2.61. The molecule has 0 saturated carbocycles. The van der Waals surface area contributed by atoms with Crippen LogP contribution >= 0.6 is 0 Å². The zero-order chi connectivity index (χ0) is 10.6. The van der Waals surface area contributed by atoms with Crippen molar-refractivity contribution in [1.82, 2.24) is 0 Å². The molecule has 0 saturated heterocycles. The zero-order valence-corrected chi connectivity index (χ0v) is 7.51. The number of amides is 1. The van der Waals surface area contributed by atoms with Crippen LogP contribution in [0.4, 0.5) is 0 Å². The molecule has 0 aliphatic rings. The molecule has 14 heavy (non-hydrogen) atoms. The van der Waals surface area contributed by atoms with Crippen molar-refractivity contribution in [3.63, 3.8) is 0 Å². The maximum Gasteiger partial charge on any atom is 0.319 e. The van der Waals surface area contributed by atoms with Crippen molar-refractivity contribution >= 4 is 5.91 Å². The average molecular weight is 195 g/mol. The molecular weight excluding hydrogens is 186 g/mol. The summed E-state index contributed by atoms with van der Waals surface area (Å²) in [5.74, 6) is -0.612. The third-order valence-electron chi connectivity index (χ3n) is 1.73. The molecule has 1 unspecified atom stereocenters. The van der Waals surface area contributed by atoms with Crippen LogP contribution in [0, 0.1) is 4.91 Å². The van der Waals surface area contributed by atoms with Gasteiger partial charge in [-0.1, -0.05) is 12.1 Å². The van der Waals surface area contributed by atoms with E-state index in [9.17, 15) is 14.8 Å². The second kappa shape index (κ2) is 4.48. The van der Waals surface area contributed by atoms with E-state index in [1.165, 1.54) is 19.2 Å². The molecule has 0 aromatic heterocycles. The Morgan fingerprint density at radius 2 is 2.29 bits per heavy atom. The van der Waals surface area contributed by atoms with Gasteiger partial charge in [-0.2, -0.15) is 0 Å². The van der Waals surface area contributed by atoms with E-state index in [0.29, 0.717) is 5.75 Å². The molecule has 74 valence electrons. The number of nitrogens with zero attached hydrogens (tertiary/aromatic N) is 1. The summed E-state index contributed by atoms with van der Waals surface area (Å²) in [5.41, 5.74) is 0.286. The molecule has 0 spiro atoms. The number of nitroso groups, excluding NO2 is 1. The lowest BCUT2D eigenvalue weighted by atomic mass is 10.1. The summed E-state index contributed by atoms with van der Waals surface area (Å²) in [5, 5.41) is 11.5. The highest BCUT2D eigenvalue weighted by Crippen LogP contribution is 2.19. The number of hydrogen-bond donors (Lipinski definition) is 1. The Morgan fingerprint density at radius 3 is 2.86 bits per heavy atom. The number of rotatable bonds is 3. The Morgan fingerprint density at radius 1 is 1.57 bits per heavy atom. The fourth-order valence-corrected chi connectivity index (χ4v) is 1.00. The van der Waals surface area contributed by atoms with Crippen molar-refractivity contribution in [2.45, 2.75) is 6.10 Å². The molecule has 0 radical (unpaired) electrons. The Bertz CT molecular complexity index is 350. The van der Waals surface area contributed by atoms with Gasteiger partial charge in [0.2, 0.25) is 0 Å². The quantitative estimate of drug-likeness (QED) is 0.730. The van der Waals surface area contributed by atoms with Crippen LogP contribution in [0.1, 0.15) is 11.7 Å². The summed E-state index contributed by atoms with van der Waals surface area (Å²) in [6.07, 6.45) is -1.51. The first kappa shape index (κ1) is 10.3. The van der Waals surface area contributed by atoms with Crippen molar-refractivity contribution in [2.75, 3.05) is 7.11 Å². The van der Waals surface area contributed by atoms with Gasteiger partial charge in [-0.15, -0.1) is 4.91 Å². The first-order valence-corrected chi connectivity index (χ1v) is 3.88. The number of aliphatic hydroxyl groups is 1. The van der Waals surface area contributed by atoms with Crippen LogP contribution < -0.4 is 4.74 Å². The van der Waals surface area contributed by atoms with E-state index in [-0.39, 0.29) is 5.56 Å². The Kier molecular flexibility index (Phi) is 3.30. The Balaban J connectivity index is 2.94. The van der Waals surface area contributed by atoms with E-state index in [1.54, 1.807) is 12.1 Å². The van der Waals surface area contributed by atoms with Crippen LogP contribution in [0.2, 0.25) is 0 Å². The molecule has 0 heterocycles. The maximum absolute atomic E-state index is 10.7. The number of methoxy groups -OCH3 is 1. The van der Waals surface area contributed by atoms with Gasteiger partial charge in [-0.3, -0.25) is 4.79 Å². The summed E-state index contributed by atoms with van der Waals surface area (Å²) < 4.78 is 4.89. The molecule has 0 aliphatic heterocycles. The molecule has 1 N–H and O–H groups in total. The lowest BCUT2D eigenvalue weighted by molar-refractivity contribution is -0.126. The minimum Gasteiger partial charge on any atom is -0.497 e. The van der Waals surface area contributed by atoms with E-state index in [2.05, 4.69) is 5.18 Å². The molecule has 1 aromatic carbocycles. The lowest BCUT2D eigenvalue weighted by Crippen LogP contribution is -2.08. The van der Waals surface area contributed by atoms with Crippen LogP contribution in [-0.2, 0) is 4.79 Å². The summed E-state index contributed by atoms with van der Waals surface area (Å²) in [6.45, 7) is 0. The van der Waals surface area contributed by atoms with Gasteiger partial charge >= 0.3 is 5.91 Å². The lowest BCUT2D eigenvalue weighted by Gasteiger charge is -2.06. The van der Waals surface area contributed by atoms with Crippen molar-refractivity contribution in [3.8, 4) is 5.75 Å². The largest absolute Gasteiger partial charge is 0.497 e. The predicted octanol–water partition coefficient (Wildman–Crippen LogP) is 1.02. The summed E-state index contributed by atoms with van der Waals surface area (Å²) in [7, 11) is 1.46. The molecule has 1 atom stereocenters. The molecule has 5 heteroatoms. The summed E-state index contributed by atoms with van der Waals surface area (Å²) in [4.78, 5) is 20.6. The van der Waals surface area contributed by atoms with Gasteiger partial charge in [0, 0.05) is 5.18 Å². The van der Waals surface area contributed by atoms with Crippen molar-refractivity contribution in [1.29, 1.82) is 0 Å². The molecule has 1 amide bonds. The average Bonchev–Trinajstić information content (AvgIpc) is 2.27. The number of carbonyl (C=O) groups is 1. The first-order chi connectivity index (χ1) is 6.69. The monoisotopic (exact) mass is 195 g/mol. The van der Waals surface area contributed by atoms with Crippen LogP contribution in [0.3, 0.4) is 0 Å². The number of carbonyl (C=O) groups excluding carboxylic acids is 1. The molecule has 1 rings (SSSR count). The van der Waals surface area contributed by atoms with Crippen molar-refractivity contribution < 1.29 is 14.6 Å². The van der Waals surface area contributed by atoms with Gasteiger partial charge in [0.25, 0.3) is 0 Å². The van der Waals surface area contributed by atoms with Crippen LogP contribution in [0.5, 0.6) is 5.75 Å². The minimum absolute atomic E-state index is 0.286. The third-order valence-corrected chi connectivity index (χ3v) is 1.73. The van der Waals surface area contributed by atoms with Crippen molar-refractivity contribution in [3.05, 3.63) is 34.7 Å². The molecule has 0 aliphatic carbocycles. The number of ether oxygens (including phenoxy) is 1. The topological polar surface area (TPSA) is 76.0 Å². The molecule has 5 nitrogen and oxygen atoms in total. The zero-order valence-electron chi connectivity index (χ0n) is 7.51. The highest BCUT2D eigenvalue weighted by atomic mass is 16.5. The van der Waals surface area contributed by atoms with Crippen molar-refractivity contribution in [2.24, 2.45) is 5.18 Å². The van der Waals surface area contributed by atoms with E-state index in [0.717, 1.165) is 0 Å². The minimum atomic E-state index is -1.51. The maximum atomic E-state index is 10.7. The normalized spacial score (nSPS) is 11.9. The number of hydrogen-bond acceptors (Lipinski definition) is 4. The van der Waals surface area contributed by atoms with Gasteiger partial charge in [0.15, 0.2) is 6.10 Å². The SMILES string of the molecule is COc1cccc(C(O)C(=O)N=O)c1. The van der Waals surface area contributed by atoms with Crippen LogP contribution in [-0.4, -0.2) is 18.1 Å². The highest BCUT2D eigenvalue weighted by molar-refractivity contribution is 5.82. The van der Waals surface area contributed by atoms with E-state index >= 15 is 0 Å². The Labute approximate surface area is 80.3 Å². The fourth-order valence-electron chi connectivity index (χ4n) is 1.00. The first-order valence-electron chi connectivity index (χ1n) is 3.88. The molecule has 0 fully saturated rings. The molecule has 1 aromatic rings. The molecular formula is C9H9NO4. The Hall–Kier alpha value is -1.75. The van der Waals surface area contributed by atoms with E-state index in [1.807, 2.05) is 0 Å². The summed E-state index contributed by atoms with van der Waals surface area (Å²) in [6, 6.07) is 6.24. The second-order valence-electron chi connectivity index (χ2n) is 2.61. The van der Waals surface area contributed by atoms with Crippen LogP contribution in [0.25, 0.3) is 0 Å². The van der Waals surface area contributed by atoms with Crippen LogP contribution in [0.15, 0.2) is 29.4 Å². The standard InChI is InChI=1S/C9H9NO4/c1-14-7-4-2-3-6(5-7)8(11)9(12)10-13/h2-5,8,11H,1H3. The molecule has 0 bridgehead atoms. The van der Waals surface area contributed by atoms with E-state index in [4.69, 9.17) is 4.74 Å². The third kappa shape index (κ3) is 2.14. The predicted molar refractivity (Wildman–Crippen MR) is 48.8 cm³/mol. The number of aliphatic hydroxyl groups excluding tert-OH is 1.